The quantitative estimate of drug-likeness (QED) is 0.578. The molecule has 0 unspecified atom stereocenters. The molecule has 15 heavy (non-hydrogen) atoms. The molecule has 1 aromatic heterocycles. The number of hydrogen-bond acceptors (Lipinski definition) is 5. The molecule has 1 aliphatic heterocycles. The minimum absolute atomic E-state index is 0.0838. The van der Waals surface area contributed by atoms with E-state index in [0.29, 0.717) is 5.76 Å². The van der Waals surface area contributed by atoms with E-state index in [0.717, 1.165) is 0 Å². The van der Waals surface area contributed by atoms with Crippen LogP contribution >= 0.6 is 0 Å². The molecule has 2 rings (SSSR count). The molecule has 0 radical (unpaired) electrons. The summed E-state index contributed by atoms with van der Waals surface area (Å²) < 4.78 is 9.98. The van der Waals surface area contributed by atoms with Gasteiger partial charge in [0.25, 0.3) is 0 Å². The van der Waals surface area contributed by atoms with Crippen LogP contribution in [0.3, 0.4) is 0 Å². The van der Waals surface area contributed by atoms with E-state index in [-0.39, 0.29) is 18.0 Å². The average Bonchev–Trinajstić information content (AvgIpc) is 2.69. The summed E-state index contributed by atoms with van der Waals surface area (Å²) in [5.41, 5.74) is 0. The van der Waals surface area contributed by atoms with Crippen molar-refractivity contribution in [2.45, 2.75) is 24.7 Å². The van der Waals surface area contributed by atoms with E-state index in [1.807, 2.05) is 0 Å². The van der Waals surface area contributed by atoms with Crippen LogP contribution in [0.2, 0.25) is 0 Å². The minimum atomic E-state index is -0.948. The summed E-state index contributed by atoms with van der Waals surface area (Å²) >= 11 is 0. The lowest BCUT2D eigenvalue weighted by Crippen LogP contribution is -2.40. The summed E-state index contributed by atoms with van der Waals surface area (Å²) in [7, 11) is 0. The highest BCUT2D eigenvalue weighted by Gasteiger charge is 2.40. The predicted molar refractivity (Wildman–Crippen MR) is 48.8 cm³/mol. The zero-order chi connectivity index (χ0) is 10.8. The first-order valence-electron chi connectivity index (χ1n) is 4.65. The number of nitrogens with zero attached hydrogens (tertiary/aromatic N) is 1. The number of aliphatic hydroxyl groups is 1. The molecule has 1 aromatic rings. The van der Waals surface area contributed by atoms with E-state index in [9.17, 15) is 15.2 Å². The fourth-order valence-electron chi connectivity index (χ4n) is 1.78. The van der Waals surface area contributed by atoms with Gasteiger partial charge in [-0.15, -0.1) is 0 Å². The Hall–Kier alpha value is -1.40. The maximum absolute atomic E-state index is 10.8. The second kappa shape index (κ2) is 4.00. The highest BCUT2D eigenvalue weighted by Crippen LogP contribution is 2.31. The molecule has 1 aliphatic rings. The number of furan rings is 1. The number of aliphatic hydroxyl groups excluding tert-OH is 1. The number of ether oxygens (including phenoxy) is 1. The maximum atomic E-state index is 10.8. The van der Waals surface area contributed by atoms with Gasteiger partial charge in [-0.2, -0.15) is 0 Å². The van der Waals surface area contributed by atoms with Crippen LogP contribution in [0.25, 0.3) is 0 Å². The Morgan fingerprint density at radius 2 is 2.40 bits per heavy atom. The third-order valence-corrected chi connectivity index (χ3v) is 2.56. The molecule has 0 spiro atoms. The summed E-state index contributed by atoms with van der Waals surface area (Å²) in [6.45, 7) is -0.0838. The summed E-state index contributed by atoms with van der Waals surface area (Å²) in [5, 5.41) is 20.1. The maximum Gasteiger partial charge on any atom is 0.246 e. The molecule has 0 aromatic carbocycles. The Balaban J connectivity index is 2.20. The van der Waals surface area contributed by atoms with Gasteiger partial charge in [0.2, 0.25) is 6.04 Å². The number of nitro groups is 1. The predicted octanol–water partition coefficient (Wildman–Crippen LogP) is 0.747. The van der Waals surface area contributed by atoms with Crippen molar-refractivity contribution in [3.8, 4) is 0 Å². The van der Waals surface area contributed by atoms with Crippen molar-refractivity contribution < 1.29 is 19.2 Å². The lowest BCUT2D eigenvalue weighted by Gasteiger charge is -2.27. The molecule has 0 aliphatic carbocycles. The monoisotopic (exact) mass is 213 g/mol. The Kier molecular flexibility index (Phi) is 2.70. The highest BCUT2D eigenvalue weighted by molar-refractivity contribution is 5.08. The van der Waals surface area contributed by atoms with Crippen LogP contribution in [0.5, 0.6) is 0 Å². The van der Waals surface area contributed by atoms with E-state index in [4.69, 9.17) is 9.15 Å². The second-order valence-corrected chi connectivity index (χ2v) is 3.50. The molecule has 0 bridgehead atoms. The lowest BCUT2D eigenvalue weighted by molar-refractivity contribution is -0.539. The van der Waals surface area contributed by atoms with Crippen molar-refractivity contribution in [2.24, 2.45) is 0 Å². The van der Waals surface area contributed by atoms with Gasteiger partial charge in [-0.05, 0) is 12.1 Å². The zero-order valence-electron chi connectivity index (χ0n) is 7.91. The van der Waals surface area contributed by atoms with E-state index in [1.165, 1.54) is 6.26 Å². The summed E-state index contributed by atoms with van der Waals surface area (Å²) in [4.78, 5) is 10.4. The van der Waals surface area contributed by atoms with Crippen molar-refractivity contribution in [3.05, 3.63) is 34.3 Å². The molecular weight excluding hydrogens is 202 g/mol. The van der Waals surface area contributed by atoms with Crippen LogP contribution < -0.4 is 0 Å². The van der Waals surface area contributed by atoms with Gasteiger partial charge in [-0.1, -0.05) is 0 Å². The van der Waals surface area contributed by atoms with Gasteiger partial charge in [0.15, 0.2) is 6.29 Å². The summed E-state index contributed by atoms with van der Waals surface area (Å²) in [6.07, 6.45) is 0.712. The first-order valence-corrected chi connectivity index (χ1v) is 4.65. The van der Waals surface area contributed by atoms with Crippen LogP contribution in [0, 0.1) is 10.1 Å². The first kappa shape index (κ1) is 10.1. The van der Waals surface area contributed by atoms with Crippen molar-refractivity contribution >= 4 is 0 Å². The van der Waals surface area contributed by atoms with Gasteiger partial charge in [-0.3, -0.25) is 10.1 Å². The van der Waals surface area contributed by atoms with Gasteiger partial charge in [0, 0.05) is 11.3 Å². The molecule has 0 amide bonds. The molecule has 2 heterocycles. The second-order valence-electron chi connectivity index (χ2n) is 3.50. The average molecular weight is 213 g/mol. The number of rotatable bonds is 2. The van der Waals surface area contributed by atoms with E-state index in [2.05, 4.69) is 0 Å². The molecular formula is C9H11NO5. The summed E-state index contributed by atoms with van der Waals surface area (Å²) in [5.74, 6) is 0.109. The van der Waals surface area contributed by atoms with Gasteiger partial charge in [-0.25, -0.2) is 0 Å². The highest BCUT2D eigenvalue weighted by atomic mass is 16.6. The fourth-order valence-corrected chi connectivity index (χ4v) is 1.78. The van der Waals surface area contributed by atoms with Crippen molar-refractivity contribution in [1.82, 2.24) is 0 Å². The molecule has 1 N–H and O–H groups in total. The molecule has 3 atom stereocenters. The fraction of sp³-hybridized carbons (Fsp3) is 0.556. The SMILES string of the molecule is O=[N+]([O-])[C@@H]1CO[C@H](O)C[C@H]1c1ccco1. The third kappa shape index (κ3) is 2.00. The van der Waals surface area contributed by atoms with Crippen molar-refractivity contribution in [3.63, 3.8) is 0 Å². The Bertz CT molecular complexity index is 336. The largest absolute Gasteiger partial charge is 0.469 e. The van der Waals surface area contributed by atoms with Gasteiger partial charge < -0.3 is 14.3 Å². The van der Waals surface area contributed by atoms with Crippen molar-refractivity contribution in [1.29, 1.82) is 0 Å². The van der Waals surface area contributed by atoms with Crippen LogP contribution in [-0.4, -0.2) is 29.0 Å². The van der Waals surface area contributed by atoms with Gasteiger partial charge >= 0.3 is 0 Å². The summed E-state index contributed by atoms with van der Waals surface area (Å²) in [6, 6.07) is 2.51. The Morgan fingerprint density at radius 1 is 1.60 bits per heavy atom. The molecule has 82 valence electrons. The van der Waals surface area contributed by atoms with Gasteiger partial charge in [0.05, 0.1) is 12.2 Å². The smallest absolute Gasteiger partial charge is 0.246 e. The lowest BCUT2D eigenvalue weighted by atomic mass is 9.92. The Morgan fingerprint density at radius 3 is 3.00 bits per heavy atom. The van der Waals surface area contributed by atoms with Crippen LogP contribution in [0.4, 0.5) is 0 Å². The molecule has 1 saturated heterocycles. The first-order chi connectivity index (χ1) is 7.18. The third-order valence-electron chi connectivity index (χ3n) is 2.56. The Labute approximate surface area is 85.6 Å². The van der Waals surface area contributed by atoms with Crippen LogP contribution in [0.15, 0.2) is 22.8 Å². The van der Waals surface area contributed by atoms with Crippen LogP contribution in [0.1, 0.15) is 18.1 Å². The molecule has 1 fully saturated rings. The van der Waals surface area contributed by atoms with E-state index in [1.54, 1.807) is 12.1 Å². The standard InChI is InChI=1S/C9H11NO5/c11-9-4-6(8-2-1-3-14-8)7(5-15-9)10(12)13/h1-3,6-7,9,11H,4-5H2/t6-,7-,9+/m1/s1. The molecule has 6 heteroatoms. The topological polar surface area (TPSA) is 85.7 Å². The van der Waals surface area contributed by atoms with Gasteiger partial charge in [0.1, 0.15) is 12.4 Å². The zero-order valence-corrected chi connectivity index (χ0v) is 7.91. The van der Waals surface area contributed by atoms with E-state index < -0.39 is 18.2 Å². The van der Waals surface area contributed by atoms with Crippen LogP contribution in [-0.2, 0) is 4.74 Å². The molecule has 6 nitrogen and oxygen atoms in total. The minimum Gasteiger partial charge on any atom is -0.469 e. The number of hydrogen-bond donors (Lipinski definition) is 1. The molecule has 0 saturated carbocycles. The van der Waals surface area contributed by atoms with E-state index >= 15 is 0 Å². The van der Waals surface area contributed by atoms with Crippen molar-refractivity contribution in [2.75, 3.05) is 6.61 Å². The normalized spacial score (nSPS) is 31.4.